The van der Waals surface area contributed by atoms with Crippen molar-refractivity contribution in [3.05, 3.63) is 24.3 Å². The third-order valence-electron chi connectivity index (χ3n) is 3.44. The summed E-state index contributed by atoms with van der Waals surface area (Å²) < 4.78 is 25.5. The fourth-order valence-corrected chi connectivity index (χ4v) is 2.76. The van der Waals surface area contributed by atoms with Crippen molar-refractivity contribution in [3.63, 3.8) is 0 Å². The molecule has 1 rings (SSSR count). The van der Waals surface area contributed by atoms with Gasteiger partial charge >= 0.3 is 0 Å². The van der Waals surface area contributed by atoms with Gasteiger partial charge in [0.1, 0.15) is 0 Å². The lowest BCUT2D eigenvalue weighted by Crippen LogP contribution is -2.16. The molecule has 0 aliphatic rings. The number of rotatable bonds is 10. The minimum Gasteiger partial charge on any atom is -0.383 e. The maximum atomic E-state index is 11.5. The summed E-state index contributed by atoms with van der Waals surface area (Å²) in [5.41, 5.74) is 1.63. The van der Waals surface area contributed by atoms with Gasteiger partial charge in [-0.3, -0.25) is 4.72 Å². The molecule has 0 spiro atoms. The van der Waals surface area contributed by atoms with Crippen molar-refractivity contribution in [1.29, 1.82) is 0 Å². The van der Waals surface area contributed by atoms with Gasteiger partial charge in [0, 0.05) is 17.4 Å². The first-order chi connectivity index (χ1) is 9.96. The highest BCUT2D eigenvalue weighted by molar-refractivity contribution is 7.92. The van der Waals surface area contributed by atoms with Crippen LogP contribution in [0.15, 0.2) is 24.3 Å². The van der Waals surface area contributed by atoms with Crippen LogP contribution in [0.1, 0.15) is 52.9 Å². The highest BCUT2D eigenvalue weighted by atomic mass is 32.2. The molecule has 1 aromatic rings. The van der Waals surface area contributed by atoms with Crippen LogP contribution in [-0.4, -0.2) is 20.2 Å². The second kappa shape index (κ2) is 8.93. The Morgan fingerprint density at radius 3 is 2.19 bits per heavy atom. The van der Waals surface area contributed by atoms with Gasteiger partial charge in [-0.25, -0.2) is 8.42 Å². The number of nitrogens with one attached hydrogen (secondary N) is 2. The predicted octanol–water partition coefficient (Wildman–Crippen LogP) is 4.22. The highest BCUT2D eigenvalue weighted by Gasteiger charge is 2.07. The average molecular weight is 312 g/mol. The van der Waals surface area contributed by atoms with E-state index < -0.39 is 10.0 Å². The van der Waals surface area contributed by atoms with Gasteiger partial charge < -0.3 is 5.32 Å². The minimum atomic E-state index is -3.20. The first kappa shape index (κ1) is 17.8. The van der Waals surface area contributed by atoms with Gasteiger partial charge in [-0.15, -0.1) is 0 Å². The lowest BCUT2D eigenvalue weighted by molar-refractivity contribution is 0.594. The molecule has 1 atom stereocenters. The molecule has 21 heavy (non-hydrogen) atoms. The van der Waals surface area contributed by atoms with E-state index in [4.69, 9.17) is 0 Å². The molecule has 4 nitrogen and oxygen atoms in total. The summed E-state index contributed by atoms with van der Waals surface area (Å²) in [6.07, 6.45) is 6.26. The number of hydrogen-bond acceptors (Lipinski definition) is 3. The molecule has 0 aliphatic carbocycles. The van der Waals surface area contributed by atoms with Crippen LogP contribution < -0.4 is 10.0 Å². The lowest BCUT2D eigenvalue weighted by Gasteiger charge is -2.15. The largest absolute Gasteiger partial charge is 0.383 e. The first-order valence-corrected chi connectivity index (χ1v) is 9.49. The summed E-state index contributed by atoms with van der Waals surface area (Å²) >= 11 is 0. The highest BCUT2D eigenvalue weighted by Crippen LogP contribution is 2.17. The first-order valence-electron chi connectivity index (χ1n) is 7.84. The zero-order valence-electron chi connectivity index (χ0n) is 13.4. The van der Waals surface area contributed by atoms with Crippen molar-refractivity contribution in [2.45, 2.75) is 58.9 Å². The summed E-state index contributed by atoms with van der Waals surface area (Å²) in [4.78, 5) is 0. The molecule has 0 saturated heterocycles. The van der Waals surface area contributed by atoms with Gasteiger partial charge in [-0.2, -0.15) is 0 Å². The van der Waals surface area contributed by atoms with E-state index in [0.717, 1.165) is 12.1 Å². The molecule has 0 aliphatic heterocycles. The topological polar surface area (TPSA) is 58.2 Å². The zero-order valence-corrected chi connectivity index (χ0v) is 14.2. The number of hydrogen-bond donors (Lipinski definition) is 2. The molecular weight excluding hydrogens is 284 g/mol. The second-order valence-corrected chi connectivity index (χ2v) is 7.49. The quantitative estimate of drug-likeness (QED) is 0.636. The summed E-state index contributed by atoms with van der Waals surface area (Å²) in [7, 11) is -3.20. The van der Waals surface area contributed by atoms with E-state index >= 15 is 0 Å². The van der Waals surface area contributed by atoms with E-state index in [1.807, 2.05) is 12.1 Å². The van der Waals surface area contributed by atoms with Crippen LogP contribution in [0.3, 0.4) is 0 Å². The summed E-state index contributed by atoms with van der Waals surface area (Å²) in [5.74, 6) is 0.0851. The maximum Gasteiger partial charge on any atom is 0.232 e. The minimum absolute atomic E-state index is 0.0851. The normalized spacial score (nSPS) is 12.9. The Morgan fingerprint density at radius 2 is 1.62 bits per heavy atom. The second-order valence-electron chi connectivity index (χ2n) is 5.48. The van der Waals surface area contributed by atoms with Crippen molar-refractivity contribution in [3.8, 4) is 0 Å². The summed E-state index contributed by atoms with van der Waals surface area (Å²) in [6, 6.07) is 7.84. The standard InChI is InChI=1S/C16H28N2O2S/c1-4-6-7-8-9-14(3)17-15-10-12-16(13-11-15)18-21(19,20)5-2/h10-14,17-18H,4-9H2,1-3H3. The molecule has 0 saturated carbocycles. The average Bonchev–Trinajstić information content (AvgIpc) is 2.45. The van der Waals surface area contributed by atoms with E-state index in [0.29, 0.717) is 11.7 Å². The number of anilines is 2. The Hall–Kier alpha value is -1.23. The van der Waals surface area contributed by atoms with Gasteiger partial charge in [0.05, 0.1) is 5.75 Å². The lowest BCUT2D eigenvalue weighted by atomic mass is 10.1. The molecule has 0 aromatic heterocycles. The Morgan fingerprint density at radius 1 is 1.00 bits per heavy atom. The molecule has 1 aromatic carbocycles. The van der Waals surface area contributed by atoms with Crippen LogP contribution in [0.25, 0.3) is 0 Å². The number of benzene rings is 1. The number of sulfonamides is 1. The van der Waals surface area contributed by atoms with Crippen LogP contribution >= 0.6 is 0 Å². The predicted molar refractivity (Wildman–Crippen MR) is 91.4 cm³/mol. The smallest absolute Gasteiger partial charge is 0.232 e. The van der Waals surface area contributed by atoms with Crippen LogP contribution in [-0.2, 0) is 10.0 Å². The summed E-state index contributed by atoms with van der Waals surface area (Å²) in [5, 5.41) is 3.45. The third kappa shape index (κ3) is 7.37. The van der Waals surface area contributed by atoms with E-state index in [1.165, 1.54) is 25.7 Å². The Kier molecular flexibility index (Phi) is 7.57. The molecule has 0 heterocycles. The maximum absolute atomic E-state index is 11.5. The molecule has 0 fully saturated rings. The SMILES string of the molecule is CCCCCCC(C)Nc1ccc(NS(=O)(=O)CC)cc1. The van der Waals surface area contributed by atoms with E-state index in [1.54, 1.807) is 19.1 Å². The van der Waals surface area contributed by atoms with Crippen molar-refractivity contribution in [2.75, 3.05) is 15.8 Å². The monoisotopic (exact) mass is 312 g/mol. The van der Waals surface area contributed by atoms with Crippen LogP contribution in [0, 0.1) is 0 Å². The van der Waals surface area contributed by atoms with Gasteiger partial charge in [0.2, 0.25) is 10.0 Å². The van der Waals surface area contributed by atoms with Crippen molar-refractivity contribution in [1.82, 2.24) is 0 Å². The van der Waals surface area contributed by atoms with Gasteiger partial charge in [-0.1, -0.05) is 32.6 Å². The van der Waals surface area contributed by atoms with Gasteiger partial charge in [0.15, 0.2) is 0 Å². The molecule has 120 valence electrons. The van der Waals surface area contributed by atoms with Crippen molar-refractivity contribution >= 4 is 21.4 Å². The van der Waals surface area contributed by atoms with Crippen molar-refractivity contribution in [2.24, 2.45) is 0 Å². The van der Waals surface area contributed by atoms with Crippen molar-refractivity contribution < 1.29 is 8.42 Å². The van der Waals surface area contributed by atoms with E-state index in [-0.39, 0.29) is 5.75 Å². The number of unbranched alkanes of at least 4 members (excludes halogenated alkanes) is 3. The van der Waals surface area contributed by atoms with Gasteiger partial charge in [0.25, 0.3) is 0 Å². The van der Waals surface area contributed by atoms with E-state index in [9.17, 15) is 8.42 Å². The fraction of sp³-hybridized carbons (Fsp3) is 0.625. The molecule has 0 amide bonds. The Bertz CT molecular complexity index is 498. The molecule has 2 N–H and O–H groups in total. The zero-order chi connectivity index (χ0) is 15.7. The molecule has 0 bridgehead atoms. The fourth-order valence-electron chi connectivity index (χ4n) is 2.12. The van der Waals surface area contributed by atoms with Crippen LogP contribution in [0.5, 0.6) is 0 Å². The molecular formula is C16H28N2O2S. The van der Waals surface area contributed by atoms with Gasteiger partial charge in [-0.05, 0) is 44.5 Å². The molecule has 1 unspecified atom stereocenters. The molecule has 5 heteroatoms. The van der Waals surface area contributed by atoms with E-state index in [2.05, 4.69) is 23.9 Å². The molecule has 0 radical (unpaired) electrons. The van der Waals surface area contributed by atoms with Crippen LogP contribution in [0.2, 0.25) is 0 Å². The summed E-state index contributed by atoms with van der Waals surface area (Å²) in [6.45, 7) is 6.02. The Balaban J connectivity index is 2.43. The Labute approximate surface area is 129 Å². The van der Waals surface area contributed by atoms with Crippen LogP contribution in [0.4, 0.5) is 11.4 Å². The third-order valence-corrected chi connectivity index (χ3v) is 4.75.